The maximum atomic E-state index is 2.41. The summed E-state index contributed by atoms with van der Waals surface area (Å²) < 4.78 is 0. The fraction of sp³-hybridized carbons (Fsp3) is 0.103. The molecular formula is C58H42. The van der Waals surface area contributed by atoms with Gasteiger partial charge in [0.25, 0.3) is 0 Å². The van der Waals surface area contributed by atoms with Gasteiger partial charge in [-0.05, 0) is 140 Å². The van der Waals surface area contributed by atoms with Gasteiger partial charge in [-0.2, -0.15) is 0 Å². The normalized spacial score (nSPS) is 14.5. The fourth-order valence-electron chi connectivity index (χ4n) is 10.9. The Morgan fingerprint density at radius 2 is 0.724 bits per heavy atom. The minimum absolute atomic E-state index is 0.00294. The van der Waals surface area contributed by atoms with E-state index >= 15 is 0 Å². The van der Waals surface area contributed by atoms with Crippen molar-refractivity contribution in [3.8, 4) is 66.8 Å². The predicted octanol–water partition coefficient (Wildman–Crippen LogP) is 15.9. The standard InChI is InChI=1S/C58H42/c1-57(2)50-19-7-5-16-45(50)49-34-38(26-31-52(49)57)37-12-9-13-39(32-37)42-27-22-35-25-30-47-43(28-23-36-24-29-46(42)54(35)55(36)47)40-14-10-15-41(33-40)44-18-11-21-53-56(44)48-17-6-8-20-51(48)58(53,3)4/h5-34H,1-4H3. The zero-order valence-corrected chi connectivity index (χ0v) is 33.3. The summed E-state index contributed by atoms with van der Waals surface area (Å²) in [7, 11) is 0. The predicted molar refractivity (Wildman–Crippen MR) is 247 cm³/mol. The van der Waals surface area contributed by atoms with Crippen LogP contribution < -0.4 is 0 Å². The van der Waals surface area contributed by atoms with E-state index in [1.165, 1.54) is 121 Å². The van der Waals surface area contributed by atoms with Gasteiger partial charge in [0, 0.05) is 10.8 Å². The van der Waals surface area contributed by atoms with Crippen LogP contribution >= 0.6 is 0 Å². The quantitative estimate of drug-likeness (QED) is 0.158. The van der Waals surface area contributed by atoms with E-state index in [1.54, 1.807) is 0 Å². The average molecular weight is 739 g/mol. The minimum Gasteiger partial charge on any atom is -0.0619 e. The molecule has 12 rings (SSSR count). The minimum atomic E-state index is -0.0300. The Labute approximate surface area is 340 Å². The molecule has 10 aromatic carbocycles. The molecule has 0 bridgehead atoms. The van der Waals surface area contributed by atoms with Gasteiger partial charge < -0.3 is 0 Å². The van der Waals surface area contributed by atoms with Crippen LogP contribution in [0.15, 0.2) is 182 Å². The van der Waals surface area contributed by atoms with Gasteiger partial charge in [0.05, 0.1) is 0 Å². The number of hydrogen-bond donors (Lipinski definition) is 0. The Morgan fingerprint density at radius 1 is 0.276 bits per heavy atom. The van der Waals surface area contributed by atoms with Crippen molar-refractivity contribution in [1.29, 1.82) is 0 Å². The lowest BCUT2D eigenvalue weighted by atomic mass is 9.82. The van der Waals surface area contributed by atoms with Crippen molar-refractivity contribution in [2.45, 2.75) is 38.5 Å². The third-order valence-corrected chi connectivity index (χ3v) is 13.8. The van der Waals surface area contributed by atoms with Gasteiger partial charge in [-0.3, -0.25) is 0 Å². The zero-order chi connectivity index (χ0) is 38.9. The topological polar surface area (TPSA) is 0 Å². The van der Waals surface area contributed by atoms with Gasteiger partial charge in [-0.15, -0.1) is 0 Å². The highest BCUT2D eigenvalue weighted by Gasteiger charge is 2.37. The maximum absolute atomic E-state index is 2.41. The lowest BCUT2D eigenvalue weighted by Crippen LogP contribution is -2.14. The highest BCUT2D eigenvalue weighted by atomic mass is 14.4. The summed E-state index contributed by atoms with van der Waals surface area (Å²) in [5.74, 6) is 0. The first-order valence-corrected chi connectivity index (χ1v) is 20.7. The molecule has 274 valence electrons. The van der Waals surface area contributed by atoms with E-state index < -0.39 is 0 Å². The molecule has 0 unspecified atom stereocenters. The van der Waals surface area contributed by atoms with Crippen molar-refractivity contribution in [2.75, 3.05) is 0 Å². The van der Waals surface area contributed by atoms with E-state index in [9.17, 15) is 0 Å². The SMILES string of the molecule is CC1(C)c2ccccc2-c2cc(-c3cccc(-c4ccc5ccc6c(-c7cccc(-c8cccc9c8-c8ccccc8C9(C)C)c7)ccc7ccc4c5c76)c3)ccc21. The molecule has 2 aliphatic carbocycles. The maximum Gasteiger partial charge on any atom is 0.0159 e. The number of hydrogen-bond acceptors (Lipinski definition) is 0. The molecule has 0 radical (unpaired) electrons. The van der Waals surface area contributed by atoms with Crippen molar-refractivity contribution in [1.82, 2.24) is 0 Å². The highest BCUT2D eigenvalue weighted by Crippen LogP contribution is 2.53. The Bertz CT molecular complexity index is 3330. The second kappa shape index (κ2) is 11.9. The Hall–Kier alpha value is -6.76. The number of benzene rings is 10. The van der Waals surface area contributed by atoms with E-state index in [0.29, 0.717) is 0 Å². The van der Waals surface area contributed by atoms with E-state index in [-0.39, 0.29) is 10.8 Å². The summed E-state index contributed by atoms with van der Waals surface area (Å²) in [6.45, 7) is 9.42. The summed E-state index contributed by atoms with van der Waals surface area (Å²) in [6, 6.07) is 68.8. The van der Waals surface area contributed by atoms with Gasteiger partial charge >= 0.3 is 0 Å². The van der Waals surface area contributed by atoms with Crippen LogP contribution in [0.25, 0.3) is 99.1 Å². The first kappa shape index (κ1) is 33.4. The summed E-state index contributed by atoms with van der Waals surface area (Å²) in [6.07, 6.45) is 0. The van der Waals surface area contributed by atoms with Crippen LogP contribution in [-0.2, 0) is 10.8 Å². The van der Waals surface area contributed by atoms with Crippen molar-refractivity contribution >= 4 is 32.3 Å². The molecule has 0 aliphatic heterocycles. The summed E-state index contributed by atoms with van der Waals surface area (Å²) in [4.78, 5) is 0. The van der Waals surface area contributed by atoms with Gasteiger partial charge in [0.15, 0.2) is 0 Å². The molecule has 10 aromatic rings. The smallest absolute Gasteiger partial charge is 0.0159 e. The fourth-order valence-corrected chi connectivity index (χ4v) is 10.9. The zero-order valence-electron chi connectivity index (χ0n) is 33.3. The summed E-state index contributed by atoms with van der Waals surface area (Å²) >= 11 is 0. The van der Waals surface area contributed by atoms with Crippen molar-refractivity contribution < 1.29 is 0 Å². The molecule has 0 atom stereocenters. The van der Waals surface area contributed by atoms with Gasteiger partial charge in [-0.25, -0.2) is 0 Å². The molecule has 0 heterocycles. The van der Waals surface area contributed by atoms with E-state index in [0.717, 1.165) is 0 Å². The lowest BCUT2D eigenvalue weighted by Gasteiger charge is -2.21. The largest absolute Gasteiger partial charge is 0.0619 e. The van der Waals surface area contributed by atoms with Crippen molar-refractivity contribution in [3.63, 3.8) is 0 Å². The second-order valence-corrected chi connectivity index (χ2v) is 17.6. The third-order valence-electron chi connectivity index (χ3n) is 13.8. The summed E-state index contributed by atoms with van der Waals surface area (Å²) in [5, 5.41) is 7.83. The van der Waals surface area contributed by atoms with Crippen molar-refractivity contribution in [3.05, 3.63) is 204 Å². The Kier molecular flexibility index (Phi) is 6.84. The van der Waals surface area contributed by atoms with Crippen LogP contribution in [-0.4, -0.2) is 0 Å². The summed E-state index contributed by atoms with van der Waals surface area (Å²) in [5.41, 5.74) is 21.1. The monoisotopic (exact) mass is 738 g/mol. The van der Waals surface area contributed by atoms with Crippen LogP contribution in [0.1, 0.15) is 49.9 Å². The second-order valence-electron chi connectivity index (χ2n) is 17.6. The Morgan fingerprint density at radius 3 is 1.40 bits per heavy atom. The molecular weight excluding hydrogens is 697 g/mol. The molecule has 0 fully saturated rings. The molecule has 0 amide bonds. The average Bonchev–Trinajstić information content (AvgIpc) is 3.65. The third kappa shape index (κ3) is 4.58. The van der Waals surface area contributed by atoms with Crippen LogP contribution in [0.3, 0.4) is 0 Å². The van der Waals surface area contributed by atoms with E-state index in [1.807, 2.05) is 0 Å². The molecule has 0 saturated heterocycles. The van der Waals surface area contributed by atoms with E-state index in [4.69, 9.17) is 0 Å². The number of rotatable bonds is 4. The van der Waals surface area contributed by atoms with Crippen LogP contribution in [0.2, 0.25) is 0 Å². The molecule has 0 N–H and O–H groups in total. The van der Waals surface area contributed by atoms with Crippen LogP contribution in [0.5, 0.6) is 0 Å². The highest BCUT2D eigenvalue weighted by molar-refractivity contribution is 6.27. The molecule has 58 heavy (non-hydrogen) atoms. The molecule has 0 aromatic heterocycles. The van der Waals surface area contributed by atoms with E-state index in [2.05, 4.69) is 210 Å². The molecule has 2 aliphatic rings. The van der Waals surface area contributed by atoms with Gasteiger partial charge in [0.2, 0.25) is 0 Å². The first-order chi connectivity index (χ1) is 28.3. The first-order valence-electron chi connectivity index (χ1n) is 20.7. The molecule has 0 spiro atoms. The molecule has 0 heteroatoms. The van der Waals surface area contributed by atoms with Crippen LogP contribution in [0, 0.1) is 0 Å². The number of fused-ring (bicyclic) bond motifs is 6. The Balaban J connectivity index is 0.978. The molecule has 0 nitrogen and oxygen atoms in total. The van der Waals surface area contributed by atoms with Crippen molar-refractivity contribution in [2.24, 2.45) is 0 Å². The molecule has 0 saturated carbocycles. The van der Waals surface area contributed by atoms with Crippen LogP contribution in [0.4, 0.5) is 0 Å². The van der Waals surface area contributed by atoms with Gasteiger partial charge in [-0.1, -0.05) is 191 Å². The lowest BCUT2D eigenvalue weighted by molar-refractivity contribution is 0.660. The van der Waals surface area contributed by atoms with Gasteiger partial charge in [0.1, 0.15) is 0 Å².